The SMILES string of the molecule is Nc1ccc(F)c(NS(=O)(=O)CC2CCCCC2)c1. The smallest absolute Gasteiger partial charge is 0.233 e. The fourth-order valence-corrected chi connectivity index (χ4v) is 4.02. The Morgan fingerprint density at radius 2 is 1.95 bits per heavy atom. The Morgan fingerprint density at radius 3 is 2.63 bits per heavy atom. The molecule has 0 aromatic heterocycles. The molecule has 3 N–H and O–H groups in total. The summed E-state index contributed by atoms with van der Waals surface area (Å²) in [5.74, 6) is -0.377. The van der Waals surface area contributed by atoms with Crippen molar-refractivity contribution in [3.8, 4) is 0 Å². The minimum Gasteiger partial charge on any atom is -0.399 e. The van der Waals surface area contributed by atoms with Crippen LogP contribution in [0.25, 0.3) is 0 Å². The van der Waals surface area contributed by atoms with Crippen molar-refractivity contribution >= 4 is 21.4 Å². The number of hydrogen-bond acceptors (Lipinski definition) is 3. The van der Waals surface area contributed by atoms with Crippen molar-refractivity contribution in [2.75, 3.05) is 16.2 Å². The highest BCUT2D eigenvalue weighted by Crippen LogP contribution is 2.26. The van der Waals surface area contributed by atoms with E-state index < -0.39 is 15.8 Å². The molecule has 0 amide bonds. The van der Waals surface area contributed by atoms with Gasteiger partial charge in [0.15, 0.2) is 0 Å². The van der Waals surface area contributed by atoms with E-state index in [4.69, 9.17) is 5.73 Å². The molecule has 0 aliphatic heterocycles. The molecule has 0 saturated heterocycles. The summed E-state index contributed by atoms with van der Waals surface area (Å²) in [6.45, 7) is 0. The van der Waals surface area contributed by atoms with Gasteiger partial charge in [-0.05, 0) is 37.0 Å². The first kappa shape index (κ1) is 14.1. The third kappa shape index (κ3) is 4.09. The van der Waals surface area contributed by atoms with E-state index in [0.717, 1.165) is 31.7 Å². The van der Waals surface area contributed by atoms with Crippen LogP contribution in [-0.2, 0) is 10.0 Å². The second kappa shape index (κ2) is 5.77. The van der Waals surface area contributed by atoms with Crippen molar-refractivity contribution in [3.05, 3.63) is 24.0 Å². The summed E-state index contributed by atoms with van der Waals surface area (Å²) in [5, 5.41) is 0. The molecule has 0 atom stereocenters. The predicted octanol–water partition coefficient (Wildman–Crippen LogP) is 2.73. The van der Waals surface area contributed by atoms with Crippen LogP contribution >= 0.6 is 0 Å². The quantitative estimate of drug-likeness (QED) is 0.836. The van der Waals surface area contributed by atoms with Crippen molar-refractivity contribution in [2.24, 2.45) is 5.92 Å². The van der Waals surface area contributed by atoms with Gasteiger partial charge in [-0.2, -0.15) is 0 Å². The molecule has 1 aliphatic carbocycles. The Labute approximate surface area is 113 Å². The van der Waals surface area contributed by atoms with Crippen LogP contribution in [0.1, 0.15) is 32.1 Å². The van der Waals surface area contributed by atoms with E-state index in [1.807, 2.05) is 0 Å². The van der Waals surface area contributed by atoms with Crippen LogP contribution in [0.5, 0.6) is 0 Å². The number of nitrogens with one attached hydrogen (secondary N) is 1. The number of hydrogen-bond donors (Lipinski definition) is 2. The molecule has 2 rings (SSSR count). The molecule has 0 unspecified atom stereocenters. The van der Waals surface area contributed by atoms with Gasteiger partial charge in [-0.3, -0.25) is 4.72 Å². The van der Waals surface area contributed by atoms with Gasteiger partial charge >= 0.3 is 0 Å². The second-order valence-electron chi connectivity index (χ2n) is 5.13. The zero-order valence-corrected chi connectivity index (χ0v) is 11.5. The fourth-order valence-electron chi connectivity index (χ4n) is 2.49. The highest BCUT2D eigenvalue weighted by Gasteiger charge is 2.22. The molecule has 106 valence electrons. The summed E-state index contributed by atoms with van der Waals surface area (Å²) in [6, 6.07) is 3.86. The third-order valence-electron chi connectivity index (χ3n) is 3.44. The fraction of sp³-hybridized carbons (Fsp3) is 0.538. The lowest BCUT2D eigenvalue weighted by Crippen LogP contribution is -2.24. The molecule has 1 aliphatic rings. The zero-order valence-electron chi connectivity index (χ0n) is 10.7. The standard InChI is InChI=1S/C13H19FN2O2S/c14-12-7-6-11(15)8-13(12)16-19(17,18)9-10-4-2-1-3-5-10/h6-8,10,16H,1-5,9,15H2. The average Bonchev–Trinajstić information content (AvgIpc) is 2.34. The molecule has 1 fully saturated rings. The summed E-state index contributed by atoms with van der Waals surface area (Å²) >= 11 is 0. The molecule has 0 bridgehead atoms. The third-order valence-corrected chi connectivity index (χ3v) is 4.88. The van der Waals surface area contributed by atoms with Crippen LogP contribution in [0.15, 0.2) is 18.2 Å². The van der Waals surface area contributed by atoms with Crippen molar-refractivity contribution in [2.45, 2.75) is 32.1 Å². The van der Waals surface area contributed by atoms with Gasteiger partial charge in [-0.15, -0.1) is 0 Å². The molecule has 19 heavy (non-hydrogen) atoms. The van der Waals surface area contributed by atoms with Crippen molar-refractivity contribution in [3.63, 3.8) is 0 Å². The lowest BCUT2D eigenvalue weighted by molar-refractivity contribution is 0.385. The topological polar surface area (TPSA) is 72.2 Å². The molecule has 1 aromatic carbocycles. The first-order valence-electron chi connectivity index (χ1n) is 6.52. The molecule has 4 nitrogen and oxygen atoms in total. The Bertz CT molecular complexity index is 540. The molecule has 0 spiro atoms. The summed E-state index contributed by atoms with van der Waals surface area (Å²) in [4.78, 5) is 0. The van der Waals surface area contributed by atoms with Crippen molar-refractivity contribution in [1.29, 1.82) is 0 Å². The van der Waals surface area contributed by atoms with Crippen molar-refractivity contribution < 1.29 is 12.8 Å². The molecule has 0 heterocycles. The summed E-state index contributed by atoms with van der Waals surface area (Å²) in [7, 11) is -3.52. The number of nitrogen functional groups attached to an aromatic ring is 1. The Kier molecular flexibility index (Phi) is 4.29. The number of nitrogens with two attached hydrogens (primary N) is 1. The van der Waals surface area contributed by atoms with E-state index >= 15 is 0 Å². The monoisotopic (exact) mass is 286 g/mol. The van der Waals surface area contributed by atoms with E-state index in [9.17, 15) is 12.8 Å². The Hall–Kier alpha value is -1.30. The lowest BCUT2D eigenvalue weighted by atomic mass is 9.91. The van der Waals surface area contributed by atoms with Gasteiger partial charge in [0.25, 0.3) is 0 Å². The number of halogens is 1. The van der Waals surface area contributed by atoms with Crippen LogP contribution in [-0.4, -0.2) is 14.2 Å². The second-order valence-corrected chi connectivity index (χ2v) is 6.89. The predicted molar refractivity (Wildman–Crippen MR) is 74.8 cm³/mol. The lowest BCUT2D eigenvalue weighted by Gasteiger charge is -2.21. The highest BCUT2D eigenvalue weighted by atomic mass is 32.2. The number of anilines is 2. The van der Waals surface area contributed by atoms with Gasteiger partial charge in [0, 0.05) is 5.69 Å². The number of benzene rings is 1. The summed E-state index contributed by atoms with van der Waals surface area (Å²) < 4.78 is 39.8. The van der Waals surface area contributed by atoms with Gasteiger partial charge in [-0.1, -0.05) is 19.3 Å². The maximum Gasteiger partial charge on any atom is 0.233 e. The summed E-state index contributed by atoms with van der Waals surface area (Å²) in [5.41, 5.74) is 5.79. The average molecular weight is 286 g/mol. The molecule has 1 saturated carbocycles. The molecule has 0 radical (unpaired) electrons. The van der Waals surface area contributed by atoms with E-state index in [2.05, 4.69) is 4.72 Å². The van der Waals surface area contributed by atoms with E-state index in [0.29, 0.717) is 5.69 Å². The zero-order chi connectivity index (χ0) is 13.9. The van der Waals surface area contributed by atoms with Gasteiger partial charge in [0.1, 0.15) is 5.82 Å². The Balaban J connectivity index is 2.05. The molecule has 6 heteroatoms. The van der Waals surface area contributed by atoms with Crippen LogP contribution in [0.4, 0.5) is 15.8 Å². The first-order chi connectivity index (χ1) is 8.96. The minimum atomic E-state index is -3.52. The highest BCUT2D eigenvalue weighted by molar-refractivity contribution is 7.92. The summed E-state index contributed by atoms with van der Waals surface area (Å²) in [6.07, 6.45) is 5.19. The normalized spacial score (nSPS) is 17.3. The van der Waals surface area contributed by atoms with E-state index in [1.165, 1.54) is 18.6 Å². The van der Waals surface area contributed by atoms with Gasteiger partial charge in [0.2, 0.25) is 10.0 Å². The van der Waals surface area contributed by atoms with Crippen LogP contribution < -0.4 is 10.5 Å². The van der Waals surface area contributed by atoms with Crippen LogP contribution in [0, 0.1) is 11.7 Å². The first-order valence-corrected chi connectivity index (χ1v) is 8.17. The maximum absolute atomic E-state index is 13.5. The number of rotatable bonds is 4. The van der Waals surface area contributed by atoms with E-state index in [-0.39, 0.29) is 17.4 Å². The van der Waals surface area contributed by atoms with E-state index in [1.54, 1.807) is 0 Å². The van der Waals surface area contributed by atoms with Crippen LogP contribution in [0.3, 0.4) is 0 Å². The Morgan fingerprint density at radius 1 is 1.26 bits per heavy atom. The largest absolute Gasteiger partial charge is 0.399 e. The molecule has 1 aromatic rings. The van der Waals surface area contributed by atoms with Gasteiger partial charge in [-0.25, -0.2) is 12.8 Å². The number of sulfonamides is 1. The van der Waals surface area contributed by atoms with Gasteiger partial charge < -0.3 is 5.73 Å². The molecular weight excluding hydrogens is 267 g/mol. The van der Waals surface area contributed by atoms with Crippen LogP contribution in [0.2, 0.25) is 0 Å². The molecular formula is C13H19FN2O2S. The maximum atomic E-state index is 13.5. The minimum absolute atomic E-state index is 0.0568. The van der Waals surface area contributed by atoms with Gasteiger partial charge in [0.05, 0.1) is 11.4 Å². The van der Waals surface area contributed by atoms with Crippen molar-refractivity contribution in [1.82, 2.24) is 0 Å².